The number of methoxy groups -OCH3 is 1. The van der Waals surface area contributed by atoms with Crippen LogP contribution in [0.4, 0.5) is 9.59 Å². The van der Waals surface area contributed by atoms with Crippen LogP contribution < -0.4 is 0 Å². The van der Waals surface area contributed by atoms with Crippen LogP contribution in [0.2, 0.25) is 0 Å². The summed E-state index contributed by atoms with van der Waals surface area (Å²) >= 11 is 0. The largest absolute Gasteiger partial charge is 0.469 e. The Kier molecular flexibility index (Phi) is 8.75. The van der Waals surface area contributed by atoms with Gasteiger partial charge in [-0.25, -0.2) is 9.59 Å². The highest BCUT2D eigenvalue weighted by Crippen LogP contribution is 2.34. The maximum absolute atomic E-state index is 13.2. The summed E-state index contributed by atoms with van der Waals surface area (Å²) in [6.45, 7) is 12.1. The molecule has 1 aromatic carbocycles. The van der Waals surface area contributed by atoms with Crippen molar-refractivity contribution in [1.29, 1.82) is 0 Å². The number of rotatable bonds is 6. The van der Waals surface area contributed by atoms with Gasteiger partial charge in [0.1, 0.15) is 12.2 Å². The monoisotopic (exact) mass is 462 g/mol. The lowest BCUT2D eigenvalue weighted by atomic mass is 9.79. The number of ether oxygens (including phenoxy) is 3. The van der Waals surface area contributed by atoms with Crippen LogP contribution in [-0.4, -0.2) is 66.3 Å². The SMILES string of the molecule is COC(=O)C1(C)C[C@H](N(CC(C)C)C(=O)OCc2ccccc2)CN(C(=O)OC(C)(C)C)C1. The molecule has 0 spiro atoms. The summed E-state index contributed by atoms with van der Waals surface area (Å²) in [5.74, 6) is -0.265. The summed E-state index contributed by atoms with van der Waals surface area (Å²) in [6.07, 6.45) is -0.646. The van der Waals surface area contributed by atoms with Crippen LogP contribution >= 0.6 is 0 Å². The van der Waals surface area contributed by atoms with Gasteiger partial charge < -0.3 is 24.0 Å². The number of esters is 1. The van der Waals surface area contributed by atoms with Crippen LogP contribution in [-0.2, 0) is 25.6 Å². The van der Waals surface area contributed by atoms with Crippen molar-refractivity contribution in [3.63, 3.8) is 0 Å². The number of carbonyl (C=O) groups excluding carboxylic acids is 3. The van der Waals surface area contributed by atoms with Gasteiger partial charge in [0, 0.05) is 19.6 Å². The maximum Gasteiger partial charge on any atom is 0.410 e. The molecule has 1 aliphatic rings. The van der Waals surface area contributed by atoms with Gasteiger partial charge in [0.2, 0.25) is 0 Å². The number of likely N-dealkylation sites (tertiary alicyclic amines) is 1. The summed E-state index contributed by atoms with van der Waals surface area (Å²) in [5, 5.41) is 0. The minimum absolute atomic E-state index is 0.144. The van der Waals surface area contributed by atoms with Crippen LogP contribution in [0.5, 0.6) is 0 Å². The van der Waals surface area contributed by atoms with Crippen LogP contribution in [0.3, 0.4) is 0 Å². The van der Waals surface area contributed by atoms with Gasteiger partial charge >= 0.3 is 18.2 Å². The van der Waals surface area contributed by atoms with Gasteiger partial charge in [0.05, 0.1) is 18.6 Å². The molecule has 0 aliphatic carbocycles. The molecule has 184 valence electrons. The summed E-state index contributed by atoms with van der Waals surface area (Å²) < 4.78 is 16.2. The minimum Gasteiger partial charge on any atom is -0.469 e. The lowest BCUT2D eigenvalue weighted by molar-refractivity contribution is -0.156. The van der Waals surface area contributed by atoms with Crippen molar-refractivity contribution in [3.05, 3.63) is 35.9 Å². The smallest absolute Gasteiger partial charge is 0.410 e. The lowest BCUT2D eigenvalue weighted by Crippen LogP contribution is -2.60. The van der Waals surface area contributed by atoms with Gasteiger partial charge in [0.15, 0.2) is 0 Å². The third-order valence-corrected chi connectivity index (χ3v) is 5.43. The topological polar surface area (TPSA) is 85.4 Å². The normalized spacial score (nSPS) is 20.8. The lowest BCUT2D eigenvalue weighted by Gasteiger charge is -2.46. The maximum atomic E-state index is 13.2. The van der Waals surface area contributed by atoms with E-state index in [-0.39, 0.29) is 25.6 Å². The van der Waals surface area contributed by atoms with E-state index in [1.165, 1.54) is 12.0 Å². The van der Waals surface area contributed by atoms with Crippen molar-refractivity contribution in [1.82, 2.24) is 9.80 Å². The highest BCUT2D eigenvalue weighted by atomic mass is 16.6. The first-order chi connectivity index (χ1) is 15.3. The van der Waals surface area contributed by atoms with Crippen molar-refractivity contribution in [2.24, 2.45) is 11.3 Å². The van der Waals surface area contributed by atoms with Crippen LogP contribution in [0.15, 0.2) is 30.3 Å². The molecular formula is C25H38N2O6. The van der Waals surface area contributed by atoms with Gasteiger partial charge in [-0.15, -0.1) is 0 Å². The van der Waals surface area contributed by atoms with Gasteiger partial charge in [-0.3, -0.25) is 4.79 Å². The molecule has 0 aromatic heterocycles. The molecule has 1 fully saturated rings. The Morgan fingerprint density at radius 3 is 2.36 bits per heavy atom. The van der Waals surface area contributed by atoms with Crippen molar-refractivity contribution >= 4 is 18.2 Å². The van der Waals surface area contributed by atoms with Crippen LogP contribution in [0, 0.1) is 11.3 Å². The number of nitrogens with zero attached hydrogens (tertiary/aromatic N) is 2. The van der Waals surface area contributed by atoms with Gasteiger partial charge in [0.25, 0.3) is 0 Å². The van der Waals surface area contributed by atoms with Gasteiger partial charge in [-0.2, -0.15) is 0 Å². The molecular weight excluding hydrogens is 424 g/mol. The second-order valence-electron chi connectivity index (χ2n) is 10.4. The van der Waals surface area contributed by atoms with E-state index in [1.54, 1.807) is 32.6 Å². The van der Waals surface area contributed by atoms with E-state index in [1.807, 2.05) is 44.2 Å². The van der Waals surface area contributed by atoms with E-state index in [9.17, 15) is 14.4 Å². The molecule has 0 saturated carbocycles. The van der Waals surface area contributed by atoms with Crippen molar-refractivity contribution in [3.8, 4) is 0 Å². The zero-order valence-electron chi connectivity index (χ0n) is 20.9. The van der Waals surface area contributed by atoms with Crippen molar-refractivity contribution in [2.75, 3.05) is 26.7 Å². The Bertz CT molecular complexity index is 820. The van der Waals surface area contributed by atoms with E-state index in [4.69, 9.17) is 14.2 Å². The fourth-order valence-electron chi connectivity index (χ4n) is 4.03. The number of benzene rings is 1. The molecule has 1 aliphatic heterocycles. The average molecular weight is 463 g/mol. The number of hydrogen-bond donors (Lipinski definition) is 0. The van der Waals surface area contributed by atoms with Crippen molar-refractivity contribution in [2.45, 2.75) is 66.2 Å². The first kappa shape index (κ1) is 26.5. The minimum atomic E-state index is -0.983. The molecule has 1 unspecified atom stereocenters. The molecule has 8 heteroatoms. The number of carbonyl (C=O) groups is 3. The predicted molar refractivity (Wildman–Crippen MR) is 125 cm³/mol. The Morgan fingerprint density at radius 2 is 1.82 bits per heavy atom. The Labute approximate surface area is 197 Å². The van der Waals surface area contributed by atoms with E-state index in [2.05, 4.69) is 0 Å². The Morgan fingerprint density at radius 1 is 1.18 bits per heavy atom. The van der Waals surface area contributed by atoms with Gasteiger partial charge in [-0.1, -0.05) is 44.2 Å². The van der Waals surface area contributed by atoms with Crippen LogP contribution in [0.25, 0.3) is 0 Å². The molecule has 1 heterocycles. The first-order valence-electron chi connectivity index (χ1n) is 11.4. The molecule has 0 radical (unpaired) electrons. The third kappa shape index (κ3) is 7.65. The van der Waals surface area contributed by atoms with E-state index < -0.39 is 35.2 Å². The van der Waals surface area contributed by atoms with E-state index >= 15 is 0 Å². The molecule has 2 rings (SSSR count). The zero-order valence-corrected chi connectivity index (χ0v) is 20.9. The molecule has 2 amide bonds. The second-order valence-corrected chi connectivity index (χ2v) is 10.4. The molecule has 1 aromatic rings. The Balaban J connectivity index is 2.28. The quantitative estimate of drug-likeness (QED) is 0.458. The number of hydrogen-bond acceptors (Lipinski definition) is 6. The first-order valence-corrected chi connectivity index (χ1v) is 11.4. The van der Waals surface area contributed by atoms with E-state index in [0.29, 0.717) is 13.0 Å². The Hall–Kier alpha value is -2.77. The summed E-state index contributed by atoms with van der Waals surface area (Å²) in [4.78, 5) is 41.9. The summed E-state index contributed by atoms with van der Waals surface area (Å²) in [6, 6.07) is 9.02. The molecule has 33 heavy (non-hydrogen) atoms. The van der Waals surface area contributed by atoms with Crippen molar-refractivity contribution < 1.29 is 28.6 Å². The van der Waals surface area contributed by atoms with Gasteiger partial charge in [-0.05, 0) is 45.6 Å². The van der Waals surface area contributed by atoms with E-state index in [0.717, 1.165) is 5.56 Å². The number of piperidine rings is 1. The highest BCUT2D eigenvalue weighted by molar-refractivity contribution is 5.79. The number of amides is 2. The zero-order chi connectivity index (χ0) is 24.8. The van der Waals surface area contributed by atoms with Crippen LogP contribution in [0.1, 0.15) is 53.5 Å². The molecule has 0 bridgehead atoms. The fourth-order valence-corrected chi connectivity index (χ4v) is 4.03. The fraction of sp³-hybridized carbons (Fsp3) is 0.640. The third-order valence-electron chi connectivity index (χ3n) is 5.43. The highest BCUT2D eigenvalue weighted by Gasteiger charge is 2.47. The average Bonchev–Trinajstić information content (AvgIpc) is 2.74. The molecule has 2 atom stereocenters. The summed E-state index contributed by atoms with van der Waals surface area (Å²) in [5.41, 5.74) is -0.782. The summed E-state index contributed by atoms with van der Waals surface area (Å²) in [7, 11) is 1.33. The predicted octanol–water partition coefficient (Wildman–Crippen LogP) is 4.47. The second kappa shape index (κ2) is 10.9. The molecule has 0 N–H and O–H groups in total. The molecule has 1 saturated heterocycles. The molecule has 8 nitrogen and oxygen atoms in total. The standard InChI is InChI=1S/C25H38N2O6/c1-18(2)14-27(23(30)32-16-19-11-9-8-10-12-19)20-13-25(6,21(28)31-7)17-26(15-20)22(29)33-24(3,4)5/h8-12,18,20H,13-17H2,1-7H3/t20-,25?/m0/s1.